The van der Waals surface area contributed by atoms with Crippen LogP contribution >= 0.6 is 0 Å². The Morgan fingerprint density at radius 3 is 2.30 bits per heavy atom. The van der Waals surface area contributed by atoms with Gasteiger partial charge in [0.15, 0.2) is 0 Å². The Kier molecular flexibility index (Phi) is 2.28. The molecule has 0 saturated carbocycles. The summed E-state index contributed by atoms with van der Waals surface area (Å²) in [5.74, 6) is 0. The van der Waals surface area contributed by atoms with Crippen LogP contribution in [0.5, 0.6) is 0 Å². The Morgan fingerprint density at radius 2 is 2.00 bits per heavy atom. The van der Waals surface area contributed by atoms with Crippen LogP contribution in [-0.4, -0.2) is 41.1 Å². The van der Waals surface area contributed by atoms with Gasteiger partial charge in [0.2, 0.25) is 0 Å². The van der Waals surface area contributed by atoms with E-state index in [-0.39, 0.29) is 0 Å². The normalized spacial score (nSPS) is 27.7. The van der Waals surface area contributed by atoms with Crippen molar-refractivity contribution in [3.05, 3.63) is 0 Å². The summed E-state index contributed by atoms with van der Waals surface area (Å²) in [5.41, 5.74) is 0. The molecule has 60 valence electrons. The standard InChI is InChI=1S/C5H12N2O2S/c1-10(6,8)7-2-4-9-5-3-7/h6H,2-5H2,1H3. The van der Waals surface area contributed by atoms with Crippen LogP contribution in [0, 0.1) is 4.78 Å². The van der Waals surface area contributed by atoms with E-state index in [1.54, 1.807) is 4.31 Å². The van der Waals surface area contributed by atoms with Crippen LogP contribution in [0.3, 0.4) is 0 Å². The summed E-state index contributed by atoms with van der Waals surface area (Å²) in [7, 11) is -2.47. The van der Waals surface area contributed by atoms with E-state index in [0.717, 1.165) is 0 Å². The fraction of sp³-hybridized carbons (Fsp3) is 1.00. The Hall–Kier alpha value is -0.130. The Balaban J connectivity index is 2.56. The lowest BCUT2D eigenvalue weighted by atomic mass is 10.5. The van der Waals surface area contributed by atoms with Crippen LogP contribution in [0.15, 0.2) is 0 Å². The molecule has 1 rings (SSSR count). The first kappa shape index (κ1) is 7.97. The van der Waals surface area contributed by atoms with Gasteiger partial charge in [0, 0.05) is 19.3 Å². The van der Waals surface area contributed by atoms with Crippen molar-refractivity contribution >= 4 is 9.92 Å². The first-order valence-electron chi connectivity index (χ1n) is 3.17. The minimum absolute atomic E-state index is 0.601. The maximum atomic E-state index is 11.1. The monoisotopic (exact) mass is 164 g/mol. The molecule has 1 N–H and O–H groups in total. The zero-order valence-corrected chi connectivity index (χ0v) is 6.82. The lowest BCUT2D eigenvalue weighted by molar-refractivity contribution is 0.0746. The molecule has 5 heteroatoms. The summed E-state index contributed by atoms with van der Waals surface area (Å²) < 4.78 is 25.0. The van der Waals surface area contributed by atoms with Crippen LogP contribution < -0.4 is 0 Å². The van der Waals surface area contributed by atoms with Crippen molar-refractivity contribution in [2.24, 2.45) is 0 Å². The highest BCUT2D eigenvalue weighted by atomic mass is 32.2. The van der Waals surface area contributed by atoms with E-state index < -0.39 is 9.92 Å². The summed E-state index contributed by atoms with van der Waals surface area (Å²) in [4.78, 5) is 0. The van der Waals surface area contributed by atoms with Crippen LogP contribution in [0.2, 0.25) is 0 Å². The molecular weight excluding hydrogens is 152 g/mol. The fourth-order valence-corrected chi connectivity index (χ4v) is 1.74. The van der Waals surface area contributed by atoms with Gasteiger partial charge in [-0.3, -0.25) is 0 Å². The topological polar surface area (TPSA) is 53.4 Å². The second kappa shape index (κ2) is 2.86. The van der Waals surface area contributed by atoms with Gasteiger partial charge in [-0.1, -0.05) is 0 Å². The van der Waals surface area contributed by atoms with Gasteiger partial charge in [0.1, 0.15) is 9.92 Å². The summed E-state index contributed by atoms with van der Waals surface area (Å²) in [6.45, 7) is 2.45. The molecule has 0 aromatic rings. The summed E-state index contributed by atoms with van der Waals surface area (Å²) in [6.07, 6.45) is 1.44. The number of hydrogen-bond acceptors (Lipinski definition) is 3. The Bertz CT molecular complexity index is 194. The van der Waals surface area contributed by atoms with E-state index in [4.69, 9.17) is 9.52 Å². The molecular formula is C5H12N2O2S. The first-order valence-corrected chi connectivity index (χ1v) is 5.09. The molecule has 1 heterocycles. The van der Waals surface area contributed by atoms with E-state index >= 15 is 0 Å². The molecule has 0 bridgehead atoms. The molecule has 1 aliphatic rings. The zero-order chi connectivity index (χ0) is 7.61. The molecule has 1 aliphatic heterocycles. The summed E-state index contributed by atoms with van der Waals surface area (Å²) in [5, 5.41) is 0. The number of nitrogens with zero attached hydrogens (tertiary/aromatic N) is 1. The van der Waals surface area contributed by atoms with Gasteiger partial charge in [0.25, 0.3) is 0 Å². The van der Waals surface area contributed by atoms with Gasteiger partial charge in [-0.2, -0.15) is 0 Å². The van der Waals surface area contributed by atoms with Crippen LogP contribution in [0.4, 0.5) is 0 Å². The molecule has 4 nitrogen and oxygen atoms in total. The van der Waals surface area contributed by atoms with Crippen molar-refractivity contribution in [3.63, 3.8) is 0 Å². The number of morpholine rings is 1. The molecule has 0 aromatic heterocycles. The molecule has 0 radical (unpaired) electrons. The summed E-state index contributed by atoms with van der Waals surface area (Å²) >= 11 is 0. The number of nitrogens with one attached hydrogen (secondary N) is 1. The zero-order valence-electron chi connectivity index (χ0n) is 6.00. The maximum absolute atomic E-state index is 11.1. The maximum Gasteiger partial charge on any atom is 0.105 e. The van der Waals surface area contributed by atoms with Crippen molar-refractivity contribution in [1.82, 2.24) is 4.31 Å². The number of rotatable bonds is 1. The second-order valence-electron chi connectivity index (χ2n) is 2.34. The fourth-order valence-electron chi connectivity index (χ4n) is 0.895. The van der Waals surface area contributed by atoms with E-state index in [0.29, 0.717) is 26.3 Å². The molecule has 10 heavy (non-hydrogen) atoms. The van der Waals surface area contributed by atoms with Crippen LogP contribution in [0.1, 0.15) is 0 Å². The molecule has 1 saturated heterocycles. The second-order valence-corrected chi connectivity index (χ2v) is 4.47. The molecule has 0 amide bonds. The highest BCUT2D eigenvalue weighted by molar-refractivity contribution is 7.89. The van der Waals surface area contributed by atoms with Crippen molar-refractivity contribution in [2.75, 3.05) is 32.6 Å². The average Bonchev–Trinajstić information content (AvgIpc) is 1.88. The molecule has 0 spiro atoms. The molecule has 0 aliphatic carbocycles. The molecule has 1 unspecified atom stereocenters. The lowest BCUT2D eigenvalue weighted by Gasteiger charge is -2.25. The van der Waals surface area contributed by atoms with Gasteiger partial charge < -0.3 is 4.74 Å². The van der Waals surface area contributed by atoms with Crippen molar-refractivity contribution in [3.8, 4) is 0 Å². The van der Waals surface area contributed by atoms with E-state index in [1.165, 1.54) is 6.26 Å². The Morgan fingerprint density at radius 1 is 1.50 bits per heavy atom. The average molecular weight is 164 g/mol. The largest absolute Gasteiger partial charge is 0.379 e. The predicted molar refractivity (Wildman–Crippen MR) is 39.2 cm³/mol. The quantitative estimate of drug-likeness (QED) is 0.589. The first-order chi connectivity index (χ1) is 4.61. The van der Waals surface area contributed by atoms with E-state index in [1.807, 2.05) is 0 Å². The third kappa shape index (κ3) is 1.93. The highest BCUT2D eigenvalue weighted by Gasteiger charge is 2.15. The minimum Gasteiger partial charge on any atom is -0.379 e. The minimum atomic E-state index is -2.47. The van der Waals surface area contributed by atoms with Gasteiger partial charge in [-0.25, -0.2) is 13.3 Å². The molecule has 0 aromatic carbocycles. The van der Waals surface area contributed by atoms with Crippen molar-refractivity contribution in [1.29, 1.82) is 4.78 Å². The lowest BCUT2D eigenvalue weighted by Crippen LogP contribution is -2.39. The smallest absolute Gasteiger partial charge is 0.105 e. The predicted octanol–water partition coefficient (Wildman–Crippen LogP) is -0.0898. The van der Waals surface area contributed by atoms with Gasteiger partial charge in [0.05, 0.1) is 13.2 Å². The van der Waals surface area contributed by atoms with E-state index in [9.17, 15) is 4.21 Å². The number of hydrogen-bond donors (Lipinski definition) is 1. The van der Waals surface area contributed by atoms with Crippen LogP contribution in [-0.2, 0) is 14.7 Å². The third-order valence-electron chi connectivity index (χ3n) is 1.46. The van der Waals surface area contributed by atoms with Crippen molar-refractivity contribution < 1.29 is 8.95 Å². The van der Waals surface area contributed by atoms with Crippen molar-refractivity contribution in [2.45, 2.75) is 0 Å². The van der Waals surface area contributed by atoms with Gasteiger partial charge >= 0.3 is 0 Å². The van der Waals surface area contributed by atoms with Crippen LogP contribution in [0.25, 0.3) is 0 Å². The molecule has 1 fully saturated rings. The Labute approximate surface area is 61.3 Å². The van der Waals surface area contributed by atoms with Gasteiger partial charge in [-0.15, -0.1) is 0 Å². The number of ether oxygens (including phenoxy) is 1. The summed E-state index contributed by atoms with van der Waals surface area (Å²) in [6, 6.07) is 0. The highest BCUT2D eigenvalue weighted by Crippen LogP contribution is 2.02. The van der Waals surface area contributed by atoms with Gasteiger partial charge in [-0.05, 0) is 0 Å². The third-order valence-corrected chi connectivity index (χ3v) is 2.81. The van der Waals surface area contributed by atoms with E-state index in [2.05, 4.69) is 0 Å². The molecule has 1 atom stereocenters. The SMILES string of the molecule is CS(=N)(=O)N1CCOCC1.